The van der Waals surface area contributed by atoms with E-state index in [9.17, 15) is 0 Å². The molecule has 0 saturated heterocycles. The van der Waals surface area contributed by atoms with Gasteiger partial charge >= 0.3 is 0 Å². The minimum Gasteiger partial charge on any atom is -0.379 e. The van der Waals surface area contributed by atoms with Crippen molar-refractivity contribution in [2.45, 2.75) is 58.6 Å². The van der Waals surface area contributed by atoms with Crippen molar-refractivity contribution in [1.82, 2.24) is 5.32 Å². The van der Waals surface area contributed by atoms with E-state index in [1.165, 1.54) is 12.8 Å². The van der Waals surface area contributed by atoms with Gasteiger partial charge in [0.2, 0.25) is 0 Å². The molecule has 0 amide bonds. The molecule has 0 fully saturated rings. The zero-order chi connectivity index (χ0) is 10.3. The molecule has 0 aliphatic rings. The summed E-state index contributed by atoms with van der Waals surface area (Å²) in [5, 5.41) is 3.47. The normalized spacial score (nSPS) is 14.5. The molecule has 0 rings (SSSR count). The third kappa shape index (κ3) is 6.05. The second-order valence-electron chi connectivity index (χ2n) is 4.17. The summed E-state index contributed by atoms with van der Waals surface area (Å²) in [7, 11) is 1.79. The van der Waals surface area contributed by atoms with Crippen LogP contribution in [0.4, 0.5) is 0 Å². The van der Waals surface area contributed by atoms with E-state index in [0.717, 1.165) is 13.0 Å². The van der Waals surface area contributed by atoms with Crippen LogP contribution in [0.3, 0.4) is 0 Å². The summed E-state index contributed by atoms with van der Waals surface area (Å²) in [6.07, 6.45) is 3.52. The highest BCUT2D eigenvalue weighted by Gasteiger charge is 2.17. The monoisotopic (exact) mass is 187 g/mol. The van der Waals surface area contributed by atoms with E-state index in [2.05, 4.69) is 33.0 Å². The van der Waals surface area contributed by atoms with Crippen LogP contribution in [0.15, 0.2) is 0 Å². The molecular weight excluding hydrogens is 162 g/mol. The van der Waals surface area contributed by atoms with Crippen LogP contribution >= 0.6 is 0 Å². The van der Waals surface area contributed by atoms with Crippen LogP contribution in [0, 0.1) is 0 Å². The Morgan fingerprint density at radius 3 is 2.31 bits per heavy atom. The molecule has 1 atom stereocenters. The summed E-state index contributed by atoms with van der Waals surface area (Å²) in [4.78, 5) is 0. The van der Waals surface area contributed by atoms with Gasteiger partial charge in [-0.25, -0.2) is 0 Å². The lowest BCUT2D eigenvalue weighted by molar-refractivity contribution is 0.0117. The van der Waals surface area contributed by atoms with Crippen LogP contribution in [-0.2, 0) is 4.74 Å². The molecule has 0 radical (unpaired) electrons. The van der Waals surface area contributed by atoms with Crippen molar-refractivity contribution >= 4 is 0 Å². The molecule has 0 spiro atoms. The fourth-order valence-corrected chi connectivity index (χ4v) is 1.36. The number of methoxy groups -OCH3 is 1. The van der Waals surface area contributed by atoms with Crippen LogP contribution in [0.5, 0.6) is 0 Å². The second kappa shape index (κ2) is 6.39. The zero-order valence-corrected chi connectivity index (χ0v) is 9.81. The summed E-state index contributed by atoms with van der Waals surface area (Å²) in [6.45, 7) is 9.74. The fraction of sp³-hybridized carbons (Fsp3) is 1.00. The number of hydrogen-bond donors (Lipinski definition) is 1. The van der Waals surface area contributed by atoms with E-state index in [-0.39, 0.29) is 5.60 Å². The number of hydrogen-bond acceptors (Lipinski definition) is 2. The van der Waals surface area contributed by atoms with Crippen molar-refractivity contribution in [2.75, 3.05) is 13.7 Å². The Hall–Kier alpha value is -0.0800. The number of nitrogens with one attached hydrogen (secondary N) is 1. The van der Waals surface area contributed by atoms with Crippen molar-refractivity contribution in [3.63, 3.8) is 0 Å². The molecule has 0 aliphatic carbocycles. The highest BCUT2D eigenvalue weighted by molar-refractivity contribution is 4.73. The van der Waals surface area contributed by atoms with E-state index >= 15 is 0 Å². The Labute approximate surface area is 83.1 Å². The molecule has 0 aromatic rings. The molecule has 2 nitrogen and oxygen atoms in total. The maximum absolute atomic E-state index is 5.38. The van der Waals surface area contributed by atoms with Crippen molar-refractivity contribution < 1.29 is 4.74 Å². The molecule has 13 heavy (non-hydrogen) atoms. The highest BCUT2D eigenvalue weighted by Crippen LogP contribution is 2.17. The fourth-order valence-electron chi connectivity index (χ4n) is 1.36. The Morgan fingerprint density at radius 2 is 1.92 bits per heavy atom. The van der Waals surface area contributed by atoms with Gasteiger partial charge in [-0.05, 0) is 39.7 Å². The summed E-state index contributed by atoms with van der Waals surface area (Å²) < 4.78 is 5.38. The molecule has 0 saturated carbocycles. The predicted molar refractivity (Wildman–Crippen MR) is 58.1 cm³/mol. The Bertz CT molecular complexity index is 123. The van der Waals surface area contributed by atoms with Gasteiger partial charge in [0.05, 0.1) is 5.60 Å². The molecule has 0 aromatic carbocycles. The average molecular weight is 187 g/mol. The molecule has 0 bridgehead atoms. The minimum atomic E-state index is 0.0306. The lowest BCUT2D eigenvalue weighted by Crippen LogP contribution is -2.32. The van der Waals surface area contributed by atoms with Crippen LogP contribution in [0.1, 0.15) is 47.0 Å². The smallest absolute Gasteiger partial charge is 0.0623 e. The molecule has 2 heteroatoms. The first-order valence-electron chi connectivity index (χ1n) is 5.34. The average Bonchev–Trinajstić information content (AvgIpc) is 2.12. The maximum atomic E-state index is 5.38. The third-order valence-corrected chi connectivity index (χ3v) is 2.63. The first-order chi connectivity index (χ1) is 6.05. The van der Waals surface area contributed by atoms with Crippen LogP contribution in [0.2, 0.25) is 0 Å². The van der Waals surface area contributed by atoms with Gasteiger partial charge in [-0.1, -0.05) is 13.8 Å². The van der Waals surface area contributed by atoms with Gasteiger partial charge in [-0.3, -0.25) is 0 Å². The van der Waals surface area contributed by atoms with Gasteiger partial charge in [0, 0.05) is 13.2 Å². The first kappa shape index (κ1) is 12.9. The van der Waals surface area contributed by atoms with E-state index in [0.29, 0.717) is 6.04 Å². The molecule has 80 valence electrons. The SMILES string of the molecule is CCNC(CC)CCC(C)(C)OC. The summed E-state index contributed by atoms with van der Waals surface area (Å²) in [5.41, 5.74) is 0.0306. The summed E-state index contributed by atoms with van der Waals surface area (Å²) in [6, 6.07) is 0.652. The van der Waals surface area contributed by atoms with Gasteiger partial charge in [-0.15, -0.1) is 0 Å². The molecule has 0 heterocycles. The Morgan fingerprint density at radius 1 is 1.31 bits per heavy atom. The van der Waals surface area contributed by atoms with Crippen LogP contribution in [0.25, 0.3) is 0 Å². The topological polar surface area (TPSA) is 21.3 Å². The molecule has 1 N–H and O–H groups in total. The first-order valence-corrected chi connectivity index (χ1v) is 5.34. The standard InChI is InChI=1S/C11H25NO/c1-6-10(12-7-2)8-9-11(3,4)13-5/h10,12H,6-9H2,1-5H3. The minimum absolute atomic E-state index is 0.0306. The van der Waals surface area contributed by atoms with E-state index in [1.807, 2.05) is 0 Å². The lowest BCUT2D eigenvalue weighted by Gasteiger charge is -2.25. The zero-order valence-electron chi connectivity index (χ0n) is 9.81. The van der Waals surface area contributed by atoms with Gasteiger partial charge < -0.3 is 10.1 Å². The summed E-state index contributed by atoms with van der Waals surface area (Å²) in [5.74, 6) is 0. The maximum Gasteiger partial charge on any atom is 0.0623 e. The van der Waals surface area contributed by atoms with Gasteiger partial charge in [0.15, 0.2) is 0 Å². The van der Waals surface area contributed by atoms with Crippen LogP contribution < -0.4 is 5.32 Å². The van der Waals surface area contributed by atoms with Crippen molar-refractivity contribution in [2.24, 2.45) is 0 Å². The van der Waals surface area contributed by atoms with Gasteiger partial charge in [-0.2, -0.15) is 0 Å². The molecule has 0 aliphatic heterocycles. The predicted octanol–water partition coefficient (Wildman–Crippen LogP) is 2.58. The van der Waals surface area contributed by atoms with Crippen molar-refractivity contribution in [3.05, 3.63) is 0 Å². The molecular formula is C11H25NO. The van der Waals surface area contributed by atoms with Gasteiger partial charge in [0.1, 0.15) is 0 Å². The van der Waals surface area contributed by atoms with E-state index in [1.54, 1.807) is 7.11 Å². The van der Waals surface area contributed by atoms with Gasteiger partial charge in [0.25, 0.3) is 0 Å². The highest BCUT2D eigenvalue weighted by atomic mass is 16.5. The largest absolute Gasteiger partial charge is 0.379 e. The quantitative estimate of drug-likeness (QED) is 0.661. The molecule has 1 unspecified atom stereocenters. The van der Waals surface area contributed by atoms with Crippen molar-refractivity contribution in [3.8, 4) is 0 Å². The van der Waals surface area contributed by atoms with Crippen LogP contribution in [-0.4, -0.2) is 25.3 Å². The Kier molecular flexibility index (Phi) is 6.35. The Balaban J connectivity index is 3.70. The number of rotatable bonds is 7. The third-order valence-electron chi connectivity index (χ3n) is 2.63. The van der Waals surface area contributed by atoms with E-state index < -0.39 is 0 Å². The van der Waals surface area contributed by atoms with Crippen molar-refractivity contribution in [1.29, 1.82) is 0 Å². The second-order valence-corrected chi connectivity index (χ2v) is 4.17. The molecule has 0 aromatic heterocycles. The van der Waals surface area contributed by atoms with E-state index in [4.69, 9.17) is 4.74 Å². The number of ether oxygens (including phenoxy) is 1. The summed E-state index contributed by atoms with van der Waals surface area (Å²) >= 11 is 0. The lowest BCUT2D eigenvalue weighted by atomic mass is 9.98.